The Morgan fingerprint density at radius 2 is 2.11 bits per heavy atom. The number of halogens is 2. The minimum Gasteiger partial charge on any atom is -0.506 e. The van der Waals surface area contributed by atoms with Crippen LogP contribution in [0.5, 0.6) is 5.75 Å². The molecule has 18 heavy (non-hydrogen) atoms. The molecule has 1 heterocycles. The summed E-state index contributed by atoms with van der Waals surface area (Å²) in [6, 6.07) is 5.51. The molecule has 1 fully saturated rings. The fourth-order valence-electron chi connectivity index (χ4n) is 2.43. The van der Waals surface area contributed by atoms with Crippen LogP contribution in [0.15, 0.2) is 22.7 Å². The van der Waals surface area contributed by atoms with E-state index in [4.69, 9.17) is 0 Å². The molecular weight excluding hydrogens is 299 g/mol. The third-order valence-corrected chi connectivity index (χ3v) is 3.99. The molecule has 2 rings (SSSR count). The number of piperazine rings is 1. The Hall–Kier alpha value is -0.650. The van der Waals surface area contributed by atoms with Gasteiger partial charge in [0.05, 0.1) is 11.1 Å². The van der Waals surface area contributed by atoms with Gasteiger partial charge in [-0.3, -0.25) is 9.29 Å². The second kappa shape index (κ2) is 6.50. The van der Waals surface area contributed by atoms with Crippen molar-refractivity contribution in [3.63, 3.8) is 0 Å². The number of alkyl halides is 1. The Labute approximate surface area is 115 Å². The van der Waals surface area contributed by atoms with Crippen molar-refractivity contribution in [1.82, 2.24) is 10.2 Å². The van der Waals surface area contributed by atoms with Crippen LogP contribution in [0.3, 0.4) is 0 Å². The Kier molecular flexibility index (Phi) is 4.97. The van der Waals surface area contributed by atoms with Gasteiger partial charge in [0.1, 0.15) is 5.75 Å². The summed E-state index contributed by atoms with van der Waals surface area (Å²) in [7, 11) is 0. The van der Waals surface area contributed by atoms with E-state index in [-0.39, 0.29) is 18.5 Å². The topological polar surface area (TPSA) is 35.5 Å². The van der Waals surface area contributed by atoms with Crippen LogP contribution < -0.4 is 5.32 Å². The first kappa shape index (κ1) is 13.8. The Morgan fingerprint density at radius 3 is 2.78 bits per heavy atom. The average molecular weight is 317 g/mol. The van der Waals surface area contributed by atoms with E-state index in [0.717, 1.165) is 31.7 Å². The minimum atomic E-state index is -0.374. The highest BCUT2D eigenvalue weighted by Gasteiger charge is 2.24. The molecule has 1 atom stereocenters. The largest absolute Gasteiger partial charge is 0.506 e. The first-order chi connectivity index (χ1) is 8.74. The molecule has 0 unspecified atom stereocenters. The summed E-state index contributed by atoms with van der Waals surface area (Å²) in [5.74, 6) is 0.231. The molecule has 1 aromatic carbocycles. The van der Waals surface area contributed by atoms with Crippen LogP contribution in [0.1, 0.15) is 18.0 Å². The molecule has 1 aromatic rings. The van der Waals surface area contributed by atoms with Crippen LogP contribution in [0.4, 0.5) is 4.39 Å². The number of hydrogen-bond acceptors (Lipinski definition) is 3. The van der Waals surface area contributed by atoms with Gasteiger partial charge in [0.25, 0.3) is 0 Å². The molecule has 0 amide bonds. The number of aromatic hydroxyl groups is 1. The van der Waals surface area contributed by atoms with Gasteiger partial charge in [-0.1, -0.05) is 12.1 Å². The van der Waals surface area contributed by atoms with Gasteiger partial charge in [-0.2, -0.15) is 0 Å². The Morgan fingerprint density at radius 1 is 1.39 bits per heavy atom. The van der Waals surface area contributed by atoms with Crippen molar-refractivity contribution in [2.24, 2.45) is 0 Å². The summed E-state index contributed by atoms with van der Waals surface area (Å²) in [5, 5.41) is 13.4. The molecule has 1 aliphatic heterocycles. The molecule has 0 radical (unpaired) electrons. The number of phenols is 1. The van der Waals surface area contributed by atoms with Crippen molar-refractivity contribution in [1.29, 1.82) is 0 Å². The second-order valence-corrected chi connectivity index (χ2v) is 5.31. The normalized spacial score (nSPS) is 18.8. The molecule has 3 nitrogen and oxygen atoms in total. The van der Waals surface area contributed by atoms with E-state index in [0.29, 0.717) is 10.9 Å². The summed E-state index contributed by atoms with van der Waals surface area (Å²) in [6.45, 7) is 3.23. The number of para-hydroxylation sites is 1. The molecule has 1 saturated heterocycles. The van der Waals surface area contributed by atoms with Crippen LogP contribution >= 0.6 is 15.9 Å². The third kappa shape index (κ3) is 3.02. The molecule has 0 aromatic heterocycles. The summed E-state index contributed by atoms with van der Waals surface area (Å²) >= 11 is 3.31. The number of nitrogens with zero attached hydrogens (tertiary/aromatic N) is 1. The van der Waals surface area contributed by atoms with Gasteiger partial charge in [-0.25, -0.2) is 0 Å². The summed E-state index contributed by atoms with van der Waals surface area (Å²) in [4.78, 5) is 2.23. The molecule has 0 aliphatic carbocycles. The van der Waals surface area contributed by atoms with Gasteiger partial charge in [0.15, 0.2) is 0 Å². The van der Waals surface area contributed by atoms with Crippen LogP contribution in [-0.4, -0.2) is 42.9 Å². The van der Waals surface area contributed by atoms with E-state index < -0.39 is 0 Å². The molecule has 100 valence electrons. The smallest absolute Gasteiger partial charge is 0.134 e. The lowest BCUT2D eigenvalue weighted by molar-refractivity contribution is 0.155. The maximum Gasteiger partial charge on any atom is 0.134 e. The lowest BCUT2D eigenvalue weighted by atomic mass is 10.0. The van der Waals surface area contributed by atoms with Crippen molar-refractivity contribution in [2.75, 3.05) is 32.9 Å². The number of hydrogen-bond donors (Lipinski definition) is 2. The van der Waals surface area contributed by atoms with E-state index in [9.17, 15) is 9.50 Å². The monoisotopic (exact) mass is 316 g/mol. The predicted molar refractivity (Wildman–Crippen MR) is 73.6 cm³/mol. The molecule has 2 N–H and O–H groups in total. The number of nitrogens with one attached hydrogen (secondary N) is 1. The van der Waals surface area contributed by atoms with E-state index in [2.05, 4.69) is 26.1 Å². The van der Waals surface area contributed by atoms with Crippen molar-refractivity contribution in [3.8, 4) is 5.75 Å². The molecule has 0 saturated carbocycles. The molecule has 0 bridgehead atoms. The van der Waals surface area contributed by atoms with Crippen LogP contribution in [0.2, 0.25) is 0 Å². The van der Waals surface area contributed by atoms with Gasteiger partial charge in [0, 0.05) is 37.8 Å². The quantitative estimate of drug-likeness (QED) is 0.895. The van der Waals surface area contributed by atoms with E-state index in [1.165, 1.54) is 0 Å². The zero-order valence-corrected chi connectivity index (χ0v) is 11.8. The van der Waals surface area contributed by atoms with Crippen molar-refractivity contribution < 1.29 is 9.50 Å². The third-order valence-electron chi connectivity index (χ3n) is 3.35. The van der Waals surface area contributed by atoms with Crippen LogP contribution in [0.25, 0.3) is 0 Å². The van der Waals surface area contributed by atoms with Crippen molar-refractivity contribution in [3.05, 3.63) is 28.2 Å². The highest BCUT2D eigenvalue weighted by atomic mass is 79.9. The lowest BCUT2D eigenvalue weighted by Crippen LogP contribution is -2.45. The number of phenolic OH excluding ortho intramolecular Hbond substituents is 1. The van der Waals surface area contributed by atoms with Gasteiger partial charge in [-0.05, 0) is 28.4 Å². The van der Waals surface area contributed by atoms with Gasteiger partial charge in [0.2, 0.25) is 0 Å². The highest BCUT2D eigenvalue weighted by Crippen LogP contribution is 2.36. The number of rotatable bonds is 4. The average Bonchev–Trinajstić information content (AvgIpc) is 2.41. The van der Waals surface area contributed by atoms with Gasteiger partial charge in [-0.15, -0.1) is 0 Å². The van der Waals surface area contributed by atoms with E-state index in [1.807, 2.05) is 12.1 Å². The Bertz CT molecular complexity index is 397. The number of benzene rings is 1. The molecule has 0 spiro atoms. The van der Waals surface area contributed by atoms with E-state index >= 15 is 0 Å². The maximum atomic E-state index is 12.8. The van der Waals surface area contributed by atoms with Crippen LogP contribution in [-0.2, 0) is 0 Å². The van der Waals surface area contributed by atoms with E-state index in [1.54, 1.807) is 6.07 Å². The summed E-state index contributed by atoms with van der Waals surface area (Å²) in [5.41, 5.74) is 0.809. The van der Waals surface area contributed by atoms with Gasteiger partial charge >= 0.3 is 0 Å². The SMILES string of the molecule is Oc1c(Br)cccc1[C@H](CCF)N1CCNCC1. The first-order valence-electron chi connectivity index (χ1n) is 6.22. The van der Waals surface area contributed by atoms with Gasteiger partial charge < -0.3 is 10.4 Å². The first-order valence-corrected chi connectivity index (χ1v) is 7.01. The molecule has 1 aliphatic rings. The fraction of sp³-hybridized carbons (Fsp3) is 0.538. The standard InChI is InChI=1S/C13H18BrFN2O/c14-11-3-1-2-10(13(11)18)12(4-5-15)17-8-6-16-7-9-17/h1-3,12,16,18H,4-9H2/t12-/m0/s1. The predicted octanol–water partition coefficient (Wildman–Crippen LogP) is 2.46. The zero-order chi connectivity index (χ0) is 13.0. The minimum absolute atomic E-state index is 0.0467. The van der Waals surface area contributed by atoms with Crippen molar-refractivity contribution >= 4 is 15.9 Å². The second-order valence-electron chi connectivity index (χ2n) is 4.46. The Balaban J connectivity index is 2.25. The lowest BCUT2D eigenvalue weighted by Gasteiger charge is -2.35. The molecular formula is C13H18BrFN2O. The zero-order valence-electron chi connectivity index (χ0n) is 10.2. The highest BCUT2D eigenvalue weighted by molar-refractivity contribution is 9.10. The fourth-order valence-corrected chi connectivity index (χ4v) is 2.81. The summed E-state index contributed by atoms with van der Waals surface area (Å²) in [6.07, 6.45) is 0.421. The van der Waals surface area contributed by atoms with Crippen LogP contribution in [0, 0.1) is 0 Å². The van der Waals surface area contributed by atoms with Crippen molar-refractivity contribution in [2.45, 2.75) is 12.5 Å². The maximum absolute atomic E-state index is 12.8. The molecule has 5 heteroatoms. The summed E-state index contributed by atoms with van der Waals surface area (Å²) < 4.78 is 13.4.